The number of aromatic nitrogens is 3. The molecule has 2 saturated carbocycles. The van der Waals surface area contributed by atoms with E-state index >= 15 is 4.39 Å². The lowest BCUT2D eigenvalue weighted by Crippen LogP contribution is -2.36. The molecule has 3 heterocycles. The largest absolute Gasteiger partial charge is 0.444 e. The molecule has 1 unspecified atom stereocenters. The molecule has 5 rings (SSSR count). The highest BCUT2D eigenvalue weighted by molar-refractivity contribution is 6.30. The quantitative estimate of drug-likeness (QED) is 0.383. The van der Waals surface area contributed by atoms with Gasteiger partial charge in [0, 0.05) is 33.1 Å². The van der Waals surface area contributed by atoms with Gasteiger partial charge >= 0.3 is 6.09 Å². The number of hydrogen-bond donors (Lipinski definition) is 0. The van der Waals surface area contributed by atoms with Crippen molar-refractivity contribution in [2.24, 2.45) is 16.8 Å². The van der Waals surface area contributed by atoms with Crippen LogP contribution in [0.2, 0.25) is 5.15 Å². The van der Waals surface area contributed by atoms with Crippen LogP contribution >= 0.6 is 11.6 Å². The second kappa shape index (κ2) is 7.30. The fraction of sp³-hybridized carbons (Fsp3) is 0.636. The molecule has 0 radical (unpaired) electrons. The number of aliphatic imine (C=N–C) groups is 1. The van der Waals surface area contributed by atoms with Gasteiger partial charge in [-0.3, -0.25) is 4.68 Å². The number of piperidine rings is 1. The van der Waals surface area contributed by atoms with Crippen molar-refractivity contribution in [3.8, 4) is 0 Å². The van der Waals surface area contributed by atoms with Gasteiger partial charge in [-0.15, -0.1) is 0 Å². The second-order valence-corrected chi connectivity index (χ2v) is 10.6. The molecule has 3 atom stereocenters. The standard InChI is InChI=1S/C22H28ClFN6O2/c1-22(2,3)32-21(31)29-8-12-13(9-29)14(12)17-15-18(30(27-17)11-6-7-11)16(24)19(23)26-20(15)25-10-28(4)5/h10-14H,6-9H2,1-5H3/b25-10+/t12-,13+,14?. The van der Waals surface area contributed by atoms with Crippen LogP contribution in [0.3, 0.4) is 0 Å². The minimum atomic E-state index is -0.544. The van der Waals surface area contributed by atoms with Crippen LogP contribution in [0.4, 0.5) is 15.0 Å². The third-order valence-corrected chi connectivity index (χ3v) is 6.47. The molecule has 10 heteroatoms. The van der Waals surface area contributed by atoms with Gasteiger partial charge in [-0.05, 0) is 45.4 Å². The first-order chi connectivity index (χ1) is 15.0. The van der Waals surface area contributed by atoms with Gasteiger partial charge in [0.25, 0.3) is 0 Å². The Balaban J connectivity index is 1.50. The summed E-state index contributed by atoms with van der Waals surface area (Å²) >= 11 is 6.14. The van der Waals surface area contributed by atoms with E-state index in [0.717, 1.165) is 18.5 Å². The van der Waals surface area contributed by atoms with Gasteiger partial charge in [0.05, 0.1) is 23.5 Å². The number of fused-ring (bicyclic) bond motifs is 2. The van der Waals surface area contributed by atoms with Crippen LogP contribution in [-0.2, 0) is 4.74 Å². The van der Waals surface area contributed by atoms with Crippen LogP contribution in [0.5, 0.6) is 0 Å². The summed E-state index contributed by atoms with van der Waals surface area (Å²) in [6.07, 6.45) is 3.28. The average molecular weight is 463 g/mol. The first-order valence-corrected chi connectivity index (χ1v) is 11.4. The molecule has 1 saturated heterocycles. The fourth-order valence-electron chi connectivity index (χ4n) is 4.67. The third kappa shape index (κ3) is 3.70. The maximum Gasteiger partial charge on any atom is 0.410 e. The Hall–Kier alpha value is -2.42. The van der Waals surface area contributed by atoms with E-state index in [2.05, 4.69) is 9.98 Å². The van der Waals surface area contributed by atoms with Gasteiger partial charge in [-0.1, -0.05) is 11.6 Å². The zero-order valence-corrected chi connectivity index (χ0v) is 19.7. The summed E-state index contributed by atoms with van der Waals surface area (Å²) in [7, 11) is 3.72. The normalized spacial score (nSPS) is 25.0. The SMILES string of the molecule is CN(C)/C=N/c1nc(Cl)c(F)c2c1c(C1[C@H]3CN(C(=O)OC(C)(C)C)C[C@@H]13)nn2C1CC1. The van der Waals surface area contributed by atoms with Crippen LogP contribution in [-0.4, -0.2) is 69.8 Å². The molecular weight excluding hydrogens is 435 g/mol. The van der Waals surface area contributed by atoms with E-state index in [1.54, 1.807) is 20.8 Å². The maximum absolute atomic E-state index is 15.2. The van der Waals surface area contributed by atoms with Crippen molar-refractivity contribution < 1.29 is 13.9 Å². The summed E-state index contributed by atoms with van der Waals surface area (Å²) in [6, 6.07) is 0.182. The molecule has 2 aliphatic carbocycles. The van der Waals surface area contributed by atoms with Crippen LogP contribution < -0.4 is 0 Å². The van der Waals surface area contributed by atoms with Gasteiger partial charge in [0.1, 0.15) is 11.1 Å². The monoisotopic (exact) mass is 462 g/mol. The number of halogens is 2. The Kier molecular flexibility index (Phi) is 4.89. The summed E-state index contributed by atoms with van der Waals surface area (Å²) in [6.45, 7) is 6.82. The van der Waals surface area contributed by atoms with E-state index in [-0.39, 0.29) is 35.0 Å². The zero-order valence-electron chi connectivity index (χ0n) is 19.0. The number of hydrogen-bond acceptors (Lipinski definition) is 5. The Morgan fingerprint density at radius 1 is 1.28 bits per heavy atom. The average Bonchev–Trinajstić information content (AvgIpc) is 3.57. The minimum Gasteiger partial charge on any atom is -0.444 e. The predicted molar refractivity (Wildman–Crippen MR) is 120 cm³/mol. The molecule has 2 aromatic rings. The number of carbonyl (C=O) groups excluding carboxylic acids is 1. The van der Waals surface area contributed by atoms with Crippen molar-refractivity contribution >= 4 is 40.8 Å². The minimum absolute atomic E-state index is 0.145. The maximum atomic E-state index is 15.2. The third-order valence-electron chi connectivity index (χ3n) is 6.22. The van der Waals surface area contributed by atoms with Crippen LogP contribution in [0.1, 0.15) is 51.3 Å². The summed E-state index contributed by atoms with van der Waals surface area (Å²) in [5.74, 6) is 0.538. The summed E-state index contributed by atoms with van der Waals surface area (Å²) in [5, 5.41) is 5.32. The number of ether oxygens (including phenoxy) is 1. The molecule has 0 spiro atoms. The first-order valence-electron chi connectivity index (χ1n) is 11.0. The summed E-state index contributed by atoms with van der Waals surface area (Å²) in [5.41, 5.74) is 0.687. The number of rotatable bonds is 4. The van der Waals surface area contributed by atoms with E-state index in [9.17, 15) is 4.79 Å². The first kappa shape index (κ1) is 21.4. The Morgan fingerprint density at radius 2 is 1.94 bits per heavy atom. The van der Waals surface area contributed by atoms with E-state index in [1.807, 2.05) is 34.9 Å². The number of amides is 1. The van der Waals surface area contributed by atoms with Crippen molar-refractivity contribution in [1.82, 2.24) is 24.6 Å². The van der Waals surface area contributed by atoms with Crippen molar-refractivity contribution in [2.75, 3.05) is 27.2 Å². The lowest BCUT2D eigenvalue weighted by Gasteiger charge is -2.25. The molecule has 172 valence electrons. The Morgan fingerprint density at radius 3 is 2.50 bits per heavy atom. The number of likely N-dealkylation sites (tertiary alicyclic amines) is 1. The number of nitrogens with zero attached hydrogens (tertiary/aromatic N) is 6. The number of carbonyl (C=O) groups is 1. The molecule has 0 N–H and O–H groups in total. The van der Waals surface area contributed by atoms with E-state index in [1.165, 1.54) is 0 Å². The van der Waals surface area contributed by atoms with Gasteiger partial charge in [-0.25, -0.2) is 19.2 Å². The van der Waals surface area contributed by atoms with Gasteiger partial charge in [-0.2, -0.15) is 5.10 Å². The summed E-state index contributed by atoms with van der Waals surface area (Å²) < 4.78 is 22.4. The zero-order chi connectivity index (χ0) is 22.9. The second-order valence-electron chi connectivity index (χ2n) is 10.3. The molecule has 1 aliphatic heterocycles. The van der Waals surface area contributed by atoms with Crippen LogP contribution in [0.25, 0.3) is 10.9 Å². The van der Waals surface area contributed by atoms with Crippen LogP contribution in [0.15, 0.2) is 4.99 Å². The van der Waals surface area contributed by atoms with E-state index < -0.39 is 11.4 Å². The fourth-order valence-corrected chi connectivity index (χ4v) is 4.84. The summed E-state index contributed by atoms with van der Waals surface area (Å²) in [4.78, 5) is 24.7. The van der Waals surface area contributed by atoms with Crippen molar-refractivity contribution in [1.29, 1.82) is 0 Å². The number of pyridine rings is 1. The molecule has 0 bridgehead atoms. The highest BCUT2D eigenvalue weighted by Gasteiger charge is 2.59. The molecule has 8 nitrogen and oxygen atoms in total. The highest BCUT2D eigenvalue weighted by atomic mass is 35.5. The molecule has 3 fully saturated rings. The lowest BCUT2D eigenvalue weighted by molar-refractivity contribution is 0.0271. The topological polar surface area (TPSA) is 75.8 Å². The van der Waals surface area contributed by atoms with Crippen molar-refractivity contribution in [3.63, 3.8) is 0 Å². The molecule has 2 aromatic heterocycles. The van der Waals surface area contributed by atoms with Gasteiger partial charge in [0.2, 0.25) is 0 Å². The van der Waals surface area contributed by atoms with E-state index in [0.29, 0.717) is 29.8 Å². The van der Waals surface area contributed by atoms with Gasteiger partial charge < -0.3 is 14.5 Å². The van der Waals surface area contributed by atoms with Gasteiger partial charge in [0.15, 0.2) is 16.8 Å². The van der Waals surface area contributed by atoms with E-state index in [4.69, 9.17) is 21.4 Å². The highest BCUT2D eigenvalue weighted by Crippen LogP contribution is 2.60. The molecule has 32 heavy (non-hydrogen) atoms. The molecule has 0 aromatic carbocycles. The Labute approximate surface area is 191 Å². The van der Waals surface area contributed by atoms with Crippen molar-refractivity contribution in [3.05, 3.63) is 16.7 Å². The molecular formula is C22H28ClFN6O2. The van der Waals surface area contributed by atoms with Crippen molar-refractivity contribution in [2.45, 2.75) is 51.2 Å². The predicted octanol–water partition coefficient (Wildman–Crippen LogP) is 4.36. The Bertz CT molecular complexity index is 1110. The van der Waals surface area contributed by atoms with Crippen LogP contribution in [0, 0.1) is 17.7 Å². The lowest BCUT2D eigenvalue weighted by atomic mass is 10.1. The molecule has 3 aliphatic rings. The molecule has 1 amide bonds. The smallest absolute Gasteiger partial charge is 0.410 e.